The van der Waals surface area contributed by atoms with E-state index in [9.17, 15) is 14.4 Å². The van der Waals surface area contributed by atoms with Gasteiger partial charge >= 0.3 is 18.0 Å². The summed E-state index contributed by atoms with van der Waals surface area (Å²) in [6.45, 7) is 2.60. The van der Waals surface area contributed by atoms with Crippen LogP contribution in [0, 0.1) is 0 Å². The van der Waals surface area contributed by atoms with Crippen molar-refractivity contribution in [2.45, 2.75) is 13.3 Å². The van der Waals surface area contributed by atoms with E-state index in [1.165, 1.54) is 14.2 Å². The highest BCUT2D eigenvalue weighted by atomic mass is 16.6. The van der Waals surface area contributed by atoms with E-state index in [4.69, 9.17) is 18.9 Å². The second-order valence-corrected chi connectivity index (χ2v) is 6.13. The summed E-state index contributed by atoms with van der Waals surface area (Å²) in [5, 5.41) is 0. The molecule has 0 saturated carbocycles. The van der Waals surface area contributed by atoms with E-state index in [2.05, 4.69) is 0 Å². The average molecular weight is 390 g/mol. The molecule has 9 nitrogen and oxygen atoms in total. The first-order valence-corrected chi connectivity index (χ1v) is 8.84. The van der Waals surface area contributed by atoms with Crippen LogP contribution in [-0.4, -0.2) is 58.7 Å². The van der Waals surface area contributed by atoms with Crippen LogP contribution in [0.2, 0.25) is 0 Å². The molecule has 0 N–H and O–H groups in total. The number of benzene rings is 1. The first-order chi connectivity index (χ1) is 13.5. The van der Waals surface area contributed by atoms with Gasteiger partial charge in [0, 0.05) is 12.2 Å². The largest absolute Gasteiger partial charge is 0.466 e. The molecular formula is C19H22N2O7. The number of fused-ring (bicyclic) bond motifs is 1. The molecule has 3 rings (SSSR count). The molecular weight excluding hydrogens is 368 g/mol. The fourth-order valence-corrected chi connectivity index (χ4v) is 3.29. The lowest BCUT2D eigenvalue weighted by molar-refractivity contribution is -0.140. The van der Waals surface area contributed by atoms with Crippen LogP contribution < -0.4 is 9.80 Å². The maximum absolute atomic E-state index is 12.4. The summed E-state index contributed by atoms with van der Waals surface area (Å²) in [4.78, 5) is 39.7. The highest BCUT2D eigenvalue weighted by molar-refractivity contribution is 6.03. The fourth-order valence-electron chi connectivity index (χ4n) is 3.29. The minimum absolute atomic E-state index is 0.0464. The van der Waals surface area contributed by atoms with E-state index in [1.54, 1.807) is 28.9 Å². The van der Waals surface area contributed by atoms with Crippen LogP contribution in [0.4, 0.5) is 16.2 Å². The number of rotatable bonds is 4. The molecule has 0 bridgehead atoms. The van der Waals surface area contributed by atoms with Crippen molar-refractivity contribution in [2.75, 3.05) is 50.5 Å². The van der Waals surface area contributed by atoms with Crippen LogP contribution in [0.15, 0.2) is 29.5 Å². The predicted molar refractivity (Wildman–Crippen MR) is 98.9 cm³/mol. The number of nitrogens with zero attached hydrogens (tertiary/aromatic N) is 2. The summed E-state index contributed by atoms with van der Waals surface area (Å²) in [6.07, 6.45) is 0.260. The zero-order valence-electron chi connectivity index (χ0n) is 16.0. The smallest absolute Gasteiger partial charge is 0.414 e. The Kier molecular flexibility index (Phi) is 5.84. The van der Waals surface area contributed by atoms with E-state index in [0.29, 0.717) is 25.3 Å². The molecule has 0 fully saturated rings. The van der Waals surface area contributed by atoms with E-state index >= 15 is 0 Å². The highest BCUT2D eigenvalue weighted by Gasteiger charge is 2.33. The molecule has 0 spiro atoms. The van der Waals surface area contributed by atoms with Gasteiger partial charge in [-0.2, -0.15) is 0 Å². The molecule has 9 heteroatoms. The van der Waals surface area contributed by atoms with Crippen molar-refractivity contribution in [3.8, 4) is 0 Å². The van der Waals surface area contributed by atoms with E-state index in [0.717, 1.165) is 11.3 Å². The van der Waals surface area contributed by atoms with Gasteiger partial charge in [-0.05, 0) is 37.1 Å². The summed E-state index contributed by atoms with van der Waals surface area (Å²) < 4.78 is 20.2. The zero-order valence-corrected chi connectivity index (χ0v) is 16.0. The molecule has 1 aromatic rings. The monoisotopic (exact) mass is 390 g/mol. The van der Waals surface area contributed by atoms with Crippen LogP contribution in [0.25, 0.3) is 0 Å². The van der Waals surface area contributed by atoms with Crippen molar-refractivity contribution in [1.29, 1.82) is 0 Å². The molecule has 0 radical (unpaired) electrons. The summed E-state index contributed by atoms with van der Waals surface area (Å²) in [5.74, 6) is -1.31. The van der Waals surface area contributed by atoms with Crippen molar-refractivity contribution in [3.05, 3.63) is 35.0 Å². The molecule has 0 aromatic heterocycles. The van der Waals surface area contributed by atoms with Crippen LogP contribution in [0.5, 0.6) is 0 Å². The first kappa shape index (κ1) is 19.7. The van der Waals surface area contributed by atoms with Gasteiger partial charge in [-0.15, -0.1) is 0 Å². The number of carbonyl (C=O) groups excluding carboxylic acids is 3. The standard InChI is InChI=1S/C19H22N2O7/c1-4-28-19(24)20-8-7-12-9-13(5-6-15(12)20)21-11-27-10-14(17(22)25-2)16(21)18(23)26-3/h5-6,9H,4,7-8,10-11H2,1-3H3. The Morgan fingerprint density at radius 1 is 1.14 bits per heavy atom. The van der Waals surface area contributed by atoms with Crippen molar-refractivity contribution >= 4 is 29.4 Å². The molecule has 0 atom stereocenters. The van der Waals surface area contributed by atoms with Gasteiger partial charge in [0.05, 0.1) is 38.7 Å². The van der Waals surface area contributed by atoms with E-state index in [1.807, 2.05) is 6.07 Å². The van der Waals surface area contributed by atoms with Crippen LogP contribution in [0.1, 0.15) is 12.5 Å². The first-order valence-electron chi connectivity index (χ1n) is 8.84. The molecule has 28 heavy (non-hydrogen) atoms. The lowest BCUT2D eigenvalue weighted by atomic mass is 10.1. The number of anilines is 2. The summed E-state index contributed by atoms with van der Waals surface area (Å²) in [7, 11) is 2.49. The number of esters is 2. The molecule has 150 valence electrons. The van der Waals surface area contributed by atoms with Crippen molar-refractivity contribution in [3.63, 3.8) is 0 Å². The van der Waals surface area contributed by atoms with Crippen LogP contribution in [-0.2, 0) is 35.0 Å². The van der Waals surface area contributed by atoms with Gasteiger partial charge in [-0.1, -0.05) is 0 Å². The third kappa shape index (κ3) is 3.53. The number of ether oxygens (including phenoxy) is 4. The highest BCUT2D eigenvalue weighted by Crippen LogP contribution is 2.34. The number of hydrogen-bond donors (Lipinski definition) is 0. The van der Waals surface area contributed by atoms with Gasteiger partial charge in [0.25, 0.3) is 0 Å². The number of hydrogen-bond acceptors (Lipinski definition) is 8. The van der Waals surface area contributed by atoms with Crippen molar-refractivity contribution in [1.82, 2.24) is 0 Å². The Hall–Kier alpha value is -3.07. The molecule has 0 unspecified atom stereocenters. The van der Waals surface area contributed by atoms with Gasteiger partial charge < -0.3 is 23.8 Å². The van der Waals surface area contributed by atoms with Gasteiger partial charge in [0.2, 0.25) is 0 Å². The lowest BCUT2D eigenvalue weighted by Crippen LogP contribution is -2.38. The predicted octanol–water partition coefficient (Wildman–Crippen LogP) is 1.60. The quantitative estimate of drug-likeness (QED) is 0.565. The fraction of sp³-hybridized carbons (Fsp3) is 0.421. The van der Waals surface area contributed by atoms with Gasteiger partial charge in [-0.25, -0.2) is 14.4 Å². The second-order valence-electron chi connectivity index (χ2n) is 6.13. The molecule has 0 saturated heterocycles. The summed E-state index contributed by atoms with van der Waals surface area (Å²) >= 11 is 0. The minimum atomic E-state index is -0.655. The molecule has 2 aliphatic rings. The molecule has 0 aliphatic carbocycles. The van der Waals surface area contributed by atoms with Crippen molar-refractivity contribution < 1.29 is 33.3 Å². The Balaban J connectivity index is 1.98. The Morgan fingerprint density at radius 3 is 2.57 bits per heavy atom. The number of amides is 1. The zero-order chi connectivity index (χ0) is 20.3. The maximum Gasteiger partial charge on any atom is 0.414 e. The van der Waals surface area contributed by atoms with Crippen LogP contribution in [0.3, 0.4) is 0 Å². The Morgan fingerprint density at radius 2 is 1.89 bits per heavy atom. The topological polar surface area (TPSA) is 94.6 Å². The Bertz CT molecular complexity index is 834. The minimum Gasteiger partial charge on any atom is -0.466 e. The van der Waals surface area contributed by atoms with E-state index < -0.39 is 18.0 Å². The lowest BCUT2D eigenvalue weighted by Gasteiger charge is -2.31. The van der Waals surface area contributed by atoms with Gasteiger partial charge in [0.15, 0.2) is 0 Å². The number of methoxy groups -OCH3 is 2. The molecule has 2 heterocycles. The summed E-state index contributed by atoms with van der Waals surface area (Å²) in [6, 6.07) is 5.40. The normalized spacial score (nSPS) is 16.0. The summed E-state index contributed by atoms with van der Waals surface area (Å²) in [5.41, 5.74) is 2.51. The van der Waals surface area contributed by atoms with Gasteiger partial charge in [0.1, 0.15) is 12.4 Å². The molecule has 1 amide bonds. The average Bonchev–Trinajstić information content (AvgIpc) is 3.15. The van der Waals surface area contributed by atoms with E-state index in [-0.39, 0.29) is 24.6 Å². The van der Waals surface area contributed by atoms with Crippen molar-refractivity contribution in [2.24, 2.45) is 0 Å². The Labute approximate surface area is 162 Å². The van der Waals surface area contributed by atoms with Gasteiger partial charge in [-0.3, -0.25) is 4.90 Å². The maximum atomic E-state index is 12.4. The molecule has 2 aliphatic heterocycles. The SMILES string of the molecule is CCOC(=O)N1CCc2cc(N3COCC(C(=O)OC)=C3C(=O)OC)ccc21. The number of carbonyl (C=O) groups is 3. The van der Waals surface area contributed by atoms with Crippen LogP contribution >= 0.6 is 0 Å². The third-order valence-electron chi connectivity index (χ3n) is 4.59. The second kappa shape index (κ2) is 8.30. The molecule has 1 aromatic carbocycles. The third-order valence-corrected chi connectivity index (χ3v) is 4.59.